The molecule has 102 valence electrons. The number of benzene rings is 2. The van der Waals surface area contributed by atoms with E-state index >= 15 is 0 Å². The molecule has 0 heterocycles. The predicted octanol–water partition coefficient (Wildman–Crippen LogP) is 3.54. The largest absolute Gasteiger partial charge is 0.506 e. The van der Waals surface area contributed by atoms with E-state index < -0.39 is 0 Å². The van der Waals surface area contributed by atoms with Crippen LogP contribution in [0.25, 0.3) is 0 Å². The third kappa shape index (κ3) is 3.14. The number of methoxy groups -OCH3 is 1. The van der Waals surface area contributed by atoms with Gasteiger partial charge in [-0.2, -0.15) is 5.26 Å². The van der Waals surface area contributed by atoms with Crippen LogP contribution in [0.3, 0.4) is 0 Å². The van der Waals surface area contributed by atoms with Gasteiger partial charge in [0.1, 0.15) is 17.6 Å². The van der Waals surface area contributed by atoms with Crippen LogP contribution in [0.4, 0.5) is 5.69 Å². The first kappa shape index (κ1) is 14.0. The second-order valence-corrected chi connectivity index (χ2v) is 4.57. The van der Waals surface area contributed by atoms with E-state index in [1.807, 2.05) is 6.07 Å². The first-order valence-electron chi connectivity index (χ1n) is 5.93. The molecule has 5 heteroatoms. The maximum Gasteiger partial charge on any atom is 0.136 e. The minimum atomic E-state index is 0.0495. The minimum absolute atomic E-state index is 0.0495. The molecule has 0 aliphatic rings. The Morgan fingerprint density at radius 1 is 1.30 bits per heavy atom. The third-order valence-corrected chi connectivity index (χ3v) is 3.13. The summed E-state index contributed by atoms with van der Waals surface area (Å²) < 4.78 is 5.09. The van der Waals surface area contributed by atoms with Gasteiger partial charge in [0.05, 0.1) is 17.7 Å². The molecule has 2 aromatic rings. The van der Waals surface area contributed by atoms with Crippen LogP contribution in [0.5, 0.6) is 11.5 Å². The number of aromatic hydroxyl groups is 1. The van der Waals surface area contributed by atoms with Gasteiger partial charge in [0.25, 0.3) is 0 Å². The van der Waals surface area contributed by atoms with Crippen molar-refractivity contribution in [3.63, 3.8) is 0 Å². The lowest BCUT2D eigenvalue weighted by Gasteiger charge is -2.09. The van der Waals surface area contributed by atoms with Crippen molar-refractivity contribution < 1.29 is 9.84 Å². The fourth-order valence-corrected chi connectivity index (χ4v) is 1.95. The highest BCUT2D eigenvalue weighted by molar-refractivity contribution is 6.32. The number of ether oxygens (including phenoxy) is 1. The second kappa shape index (κ2) is 6.18. The highest BCUT2D eigenvalue weighted by Gasteiger charge is 2.04. The number of phenolic OH excluding ortho intramolecular Hbond substituents is 1. The summed E-state index contributed by atoms with van der Waals surface area (Å²) in [7, 11) is 1.53. The minimum Gasteiger partial charge on any atom is -0.506 e. The molecular formula is C15H13ClN2O2. The van der Waals surface area contributed by atoms with Gasteiger partial charge in [-0.15, -0.1) is 0 Å². The highest BCUT2D eigenvalue weighted by Crippen LogP contribution is 2.26. The maximum absolute atomic E-state index is 9.35. The van der Waals surface area contributed by atoms with Crippen molar-refractivity contribution in [3.8, 4) is 17.6 Å². The topological polar surface area (TPSA) is 65.3 Å². The Hall–Kier alpha value is -2.38. The number of nitrogens with zero attached hydrogens (tertiary/aromatic N) is 1. The van der Waals surface area contributed by atoms with E-state index in [4.69, 9.17) is 21.6 Å². The first-order valence-corrected chi connectivity index (χ1v) is 6.31. The molecular weight excluding hydrogens is 276 g/mol. The monoisotopic (exact) mass is 288 g/mol. The van der Waals surface area contributed by atoms with Crippen molar-refractivity contribution in [1.82, 2.24) is 0 Å². The molecule has 2 rings (SSSR count). The maximum atomic E-state index is 9.35. The van der Waals surface area contributed by atoms with Crippen molar-refractivity contribution in [3.05, 3.63) is 52.5 Å². The summed E-state index contributed by atoms with van der Waals surface area (Å²) in [5.74, 6) is 0.609. The number of phenols is 1. The Morgan fingerprint density at radius 2 is 2.10 bits per heavy atom. The molecule has 20 heavy (non-hydrogen) atoms. The molecule has 0 spiro atoms. The summed E-state index contributed by atoms with van der Waals surface area (Å²) in [6.07, 6.45) is 0. The van der Waals surface area contributed by atoms with Crippen molar-refractivity contribution >= 4 is 17.3 Å². The van der Waals surface area contributed by atoms with Gasteiger partial charge in [-0.25, -0.2) is 0 Å². The van der Waals surface area contributed by atoms with Crippen molar-refractivity contribution in [1.29, 1.82) is 5.26 Å². The van der Waals surface area contributed by atoms with Gasteiger partial charge in [-0.05, 0) is 35.9 Å². The van der Waals surface area contributed by atoms with E-state index in [-0.39, 0.29) is 5.75 Å². The summed E-state index contributed by atoms with van der Waals surface area (Å²) in [6.45, 7) is 0.541. The number of halogens is 1. The molecule has 0 aliphatic carbocycles. The summed E-state index contributed by atoms with van der Waals surface area (Å²) in [5.41, 5.74) is 2.24. The van der Waals surface area contributed by atoms with E-state index in [1.165, 1.54) is 13.2 Å². The van der Waals surface area contributed by atoms with Crippen LogP contribution >= 0.6 is 11.6 Å². The zero-order chi connectivity index (χ0) is 14.5. The standard InChI is InChI=1S/C15H13ClN2O2/c1-20-15-5-2-10(6-11(15)8-17)9-18-12-3-4-14(19)13(16)7-12/h2-7,18-19H,9H2,1H3. The van der Waals surface area contributed by atoms with Crippen molar-refractivity contribution in [2.45, 2.75) is 6.54 Å². The van der Waals surface area contributed by atoms with Crippen LogP contribution in [0.15, 0.2) is 36.4 Å². The molecule has 0 radical (unpaired) electrons. The zero-order valence-corrected chi connectivity index (χ0v) is 11.6. The summed E-state index contributed by atoms with van der Waals surface area (Å²) >= 11 is 5.83. The Bertz CT molecular complexity index is 665. The second-order valence-electron chi connectivity index (χ2n) is 4.17. The number of hydrogen-bond acceptors (Lipinski definition) is 4. The Morgan fingerprint density at radius 3 is 2.75 bits per heavy atom. The summed E-state index contributed by atoms with van der Waals surface area (Å²) in [5, 5.41) is 21.8. The summed E-state index contributed by atoms with van der Waals surface area (Å²) in [4.78, 5) is 0. The van der Waals surface area contributed by atoms with Gasteiger partial charge < -0.3 is 15.2 Å². The van der Waals surface area contributed by atoms with Crippen LogP contribution in [-0.4, -0.2) is 12.2 Å². The zero-order valence-electron chi connectivity index (χ0n) is 10.9. The lowest BCUT2D eigenvalue weighted by Crippen LogP contribution is -2.00. The molecule has 0 unspecified atom stereocenters. The van der Waals surface area contributed by atoms with Crippen LogP contribution in [-0.2, 0) is 6.54 Å². The number of rotatable bonds is 4. The highest BCUT2D eigenvalue weighted by atomic mass is 35.5. The molecule has 0 bridgehead atoms. The number of nitriles is 1. The average molecular weight is 289 g/mol. The van der Waals surface area contributed by atoms with E-state index in [0.717, 1.165) is 11.3 Å². The van der Waals surface area contributed by atoms with E-state index in [0.29, 0.717) is 22.9 Å². The van der Waals surface area contributed by atoms with Crippen LogP contribution in [0.1, 0.15) is 11.1 Å². The Balaban J connectivity index is 2.11. The van der Waals surface area contributed by atoms with Gasteiger partial charge in [0, 0.05) is 12.2 Å². The molecule has 0 aromatic heterocycles. The molecule has 0 saturated carbocycles. The van der Waals surface area contributed by atoms with Crippen molar-refractivity contribution in [2.24, 2.45) is 0 Å². The van der Waals surface area contributed by atoms with Gasteiger partial charge in [-0.3, -0.25) is 0 Å². The molecule has 2 aromatic carbocycles. The Labute approximate surface area is 122 Å². The number of nitrogens with one attached hydrogen (secondary N) is 1. The summed E-state index contributed by atoms with van der Waals surface area (Å²) in [6, 6.07) is 12.4. The molecule has 0 amide bonds. The predicted molar refractivity (Wildman–Crippen MR) is 78.2 cm³/mol. The van der Waals surface area contributed by atoms with E-state index in [1.54, 1.807) is 24.3 Å². The molecule has 2 N–H and O–H groups in total. The number of anilines is 1. The van der Waals surface area contributed by atoms with E-state index in [9.17, 15) is 5.11 Å². The lowest BCUT2D eigenvalue weighted by molar-refractivity contribution is 0.413. The molecule has 0 saturated heterocycles. The average Bonchev–Trinajstić information content (AvgIpc) is 2.48. The van der Waals surface area contributed by atoms with E-state index in [2.05, 4.69) is 11.4 Å². The van der Waals surface area contributed by atoms with Gasteiger partial charge in [0.2, 0.25) is 0 Å². The fourth-order valence-electron chi connectivity index (χ4n) is 1.77. The smallest absolute Gasteiger partial charge is 0.136 e. The molecule has 0 atom stereocenters. The molecule has 0 aliphatic heterocycles. The lowest BCUT2D eigenvalue weighted by atomic mass is 10.1. The number of hydrogen-bond donors (Lipinski definition) is 2. The van der Waals surface area contributed by atoms with Crippen LogP contribution in [0.2, 0.25) is 5.02 Å². The van der Waals surface area contributed by atoms with Crippen molar-refractivity contribution in [2.75, 3.05) is 12.4 Å². The van der Waals surface area contributed by atoms with Gasteiger partial charge in [-0.1, -0.05) is 17.7 Å². The molecule has 0 fully saturated rings. The van der Waals surface area contributed by atoms with Crippen LogP contribution in [0, 0.1) is 11.3 Å². The quantitative estimate of drug-likeness (QED) is 0.845. The normalized spacial score (nSPS) is 9.85. The fraction of sp³-hybridized carbons (Fsp3) is 0.133. The SMILES string of the molecule is COc1ccc(CNc2ccc(O)c(Cl)c2)cc1C#N. The first-order chi connectivity index (χ1) is 9.63. The molecule has 4 nitrogen and oxygen atoms in total. The van der Waals surface area contributed by atoms with Gasteiger partial charge >= 0.3 is 0 Å². The third-order valence-electron chi connectivity index (χ3n) is 2.83. The van der Waals surface area contributed by atoms with Gasteiger partial charge in [0.15, 0.2) is 0 Å². The van der Waals surface area contributed by atoms with Crippen LogP contribution < -0.4 is 10.1 Å². The Kier molecular flexibility index (Phi) is 4.34.